The number of hydrazine groups is 1. The third kappa shape index (κ3) is 4.33. The average Bonchev–Trinajstić information content (AvgIpc) is 3.40. The number of carbonyl (C=O) groups is 1. The zero-order chi connectivity index (χ0) is 23.7. The van der Waals surface area contributed by atoms with Gasteiger partial charge in [0.25, 0.3) is 11.6 Å². The molecule has 1 N–H and O–H groups in total. The predicted molar refractivity (Wildman–Crippen MR) is 134 cm³/mol. The highest BCUT2D eigenvalue weighted by atomic mass is 32.2. The van der Waals surface area contributed by atoms with E-state index in [0.717, 1.165) is 21.5 Å². The summed E-state index contributed by atoms with van der Waals surface area (Å²) in [4.78, 5) is 29.0. The molecule has 1 aromatic heterocycles. The van der Waals surface area contributed by atoms with Crippen molar-refractivity contribution < 1.29 is 14.5 Å². The number of nitrogens with zero attached hydrogens (tertiary/aromatic N) is 3. The minimum atomic E-state index is -0.449. The van der Waals surface area contributed by atoms with Crippen molar-refractivity contribution in [3.8, 4) is 5.75 Å². The lowest BCUT2D eigenvalue weighted by Gasteiger charge is -2.23. The quantitative estimate of drug-likeness (QED) is 0.205. The van der Waals surface area contributed by atoms with E-state index in [1.54, 1.807) is 30.3 Å². The van der Waals surface area contributed by atoms with Crippen molar-refractivity contribution in [2.75, 3.05) is 12.5 Å². The van der Waals surface area contributed by atoms with Gasteiger partial charge >= 0.3 is 0 Å². The van der Waals surface area contributed by atoms with Gasteiger partial charge in [-0.25, -0.2) is 9.99 Å². The number of amides is 1. The molecule has 10 heteroatoms. The SMILES string of the molecule is COc1ccc(C2S/C(=C\c3ccc([N+](=O)[O-])cc3)C(=O)N2Nc2nc3ccccc3s2)cc1. The number of thiazole rings is 1. The molecule has 3 aromatic carbocycles. The van der Waals surface area contributed by atoms with Gasteiger partial charge in [-0.2, -0.15) is 0 Å². The second kappa shape index (κ2) is 9.16. The number of nitrogens with one attached hydrogen (secondary N) is 1. The van der Waals surface area contributed by atoms with Crippen LogP contribution >= 0.6 is 23.1 Å². The van der Waals surface area contributed by atoms with Gasteiger partial charge in [-0.1, -0.05) is 47.4 Å². The summed E-state index contributed by atoms with van der Waals surface area (Å²) in [5, 5.41) is 12.8. The molecular formula is C24H18N4O4S2. The third-order valence-corrected chi connectivity index (χ3v) is 7.41. The molecule has 1 aliphatic rings. The first-order valence-corrected chi connectivity index (χ1v) is 11.9. The molecule has 0 saturated carbocycles. The number of non-ortho nitro benzene ring substituents is 1. The molecular weight excluding hydrogens is 472 g/mol. The maximum Gasteiger partial charge on any atom is 0.280 e. The number of para-hydroxylation sites is 1. The summed E-state index contributed by atoms with van der Waals surface area (Å²) in [6.45, 7) is 0. The number of benzene rings is 3. The highest BCUT2D eigenvalue weighted by Gasteiger charge is 2.38. The smallest absolute Gasteiger partial charge is 0.280 e. The summed E-state index contributed by atoms with van der Waals surface area (Å²) in [6.07, 6.45) is 1.74. The molecule has 1 aliphatic heterocycles. The van der Waals surface area contributed by atoms with E-state index in [9.17, 15) is 14.9 Å². The second-order valence-corrected chi connectivity index (χ2v) is 9.53. The van der Waals surface area contributed by atoms with Gasteiger partial charge in [0.2, 0.25) is 5.13 Å². The predicted octanol–water partition coefficient (Wildman–Crippen LogP) is 5.86. The molecule has 1 saturated heterocycles. The minimum absolute atomic E-state index is 0.00258. The number of hydrogen-bond donors (Lipinski definition) is 1. The summed E-state index contributed by atoms with van der Waals surface area (Å²) in [7, 11) is 1.61. The van der Waals surface area contributed by atoms with Crippen LogP contribution in [0.4, 0.5) is 10.8 Å². The van der Waals surface area contributed by atoms with Crippen LogP contribution in [0.1, 0.15) is 16.5 Å². The molecule has 1 unspecified atom stereocenters. The standard InChI is InChI=1S/C24H18N4O4S2/c1-32-18-12-8-16(9-13-18)23-27(26-24-25-19-4-2-3-5-20(19)34-24)22(29)21(33-23)14-15-6-10-17(11-7-15)28(30)31/h2-14,23H,1H3,(H,25,26)/b21-14-. The van der Waals surface area contributed by atoms with Crippen LogP contribution in [0, 0.1) is 10.1 Å². The van der Waals surface area contributed by atoms with E-state index < -0.39 is 4.92 Å². The molecule has 0 radical (unpaired) electrons. The number of fused-ring (bicyclic) bond motifs is 1. The van der Waals surface area contributed by atoms with Crippen molar-refractivity contribution in [1.82, 2.24) is 9.99 Å². The third-order valence-electron chi connectivity index (χ3n) is 5.22. The van der Waals surface area contributed by atoms with Crippen LogP contribution in [0.15, 0.2) is 77.7 Å². The van der Waals surface area contributed by atoms with Crippen LogP contribution in [0.3, 0.4) is 0 Å². The molecule has 1 atom stereocenters. The summed E-state index contributed by atoms with van der Waals surface area (Å²) in [6, 6.07) is 21.5. The average molecular weight is 491 g/mol. The largest absolute Gasteiger partial charge is 0.497 e. The van der Waals surface area contributed by atoms with Crippen molar-refractivity contribution in [2.45, 2.75) is 5.37 Å². The molecule has 8 nitrogen and oxygen atoms in total. The molecule has 0 aliphatic carbocycles. The molecule has 34 heavy (non-hydrogen) atoms. The van der Waals surface area contributed by atoms with Gasteiger partial charge in [-0.05, 0) is 53.6 Å². The molecule has 4 aromatic rings. The fourth-order valence-electron chi connectivity index (χ4n) is 3.51. The van der Waals surface area contributed by atoms with Gasteiger partial charge in [0.1, 0.15) is 11.1 Å². The zero-order valence-corrected chi connectivity index (χ0v) is 19.5. The van der Waals surface area contributed by atoms with Crippen molar-refractivity contribution in [2.24, 2.45) is 0 Å². The summed E-state index contributed by atoms with van der Waals surface area (Å²) in [5.41, 5.74) is 5.69. The lowest BCUT2D eigenvalue weighted by molar-refractivity contribution is -0.384. The van der Waals surface area contributed by atoms with Crippen LogP contribution < -0.4 is 10.2 Å². The van der Waals surface area contributed by atoms with Crippen LogP contribution in [0.2, 0.25) is 0 Å². The number of thioether (sulfide) groups is 1. The highest BCUT2D eigenvalue weighted by Crippen LogP contribution is 2.46. The minimum Gasteiger partial charge on any atom is -0.497 e. The summed E-state index contributed by atoms with van der Waals surface area (Å²) >= 11 is 2.87. The van der Waals surface area contributed by atoms with Crippen LogP contribution in [0.5, 0.6) is 5.75 Å². The lowest BCUT2D eigenvalue weighted by Crippen LogP contribution is -2.33. The topological polar surface area (TPSA) is 97.6 Å². The van der Waals surface area contributed by atoms with Crippen LogP contribution in [-0.2, 0) is 4.79 Å². The van der Waals surface area contributed by atoms with Crippen LogP contribution in [0.25, 0.3) is 16.3 Å². The Labute approximate surface area is 203 Å². The number of aromatic nitrogens is 1. The van der Waals surface area contributed by atoms with Gasteiger partial charge in [0.05, 0.1) is 27.2 Å². The van der Waals surface area contributed by atoms with Crippen molar-refractivity contribution in [3.05, 3.63) is 98.9 Å². The number of hydrogen-bond acceptors (Lipinski definition) is 8. The molecule has 170 valence electrons. The Balaban J connectivity index is 1.48. The Morgan fingerprint density at radius 2 is 1.82 bits per heavy atom. The maximum atomic E-state index is 13.4. The molecule has 0 bridgehead atoms. The number of methoxy groups -OCH3 is 1. The fraction of sp³-hybridized carbons (Fsp3) is 0.0833. The molecule has 1 fully saturated rings. The van der Waals surface area contributed by atoms with Gasteiger partial charge in [0.15, 0.2) is 0 Å². The van der Waals surface area contributed by atoms with E-state index in [1.807, 2.05) is 48.5 Å². The number of ether oxygens (including phenoxy) is 1. The molecule has 1 amide bonds. The number of anilines is 1. The van der Waals surface area contributed by atoms with Gasteiger partial charge in [-0.3, -0.25) is 20.3 Å². The van der Waals surface area contributed by atoms with E-state index >= 15 is 0 Å². The van der Waals surface area contributed by atoms with E-state index in [1.165, 1.54) is 35.2 Å². The Morgan fingerprint density at radius 1 is 1.09 bits per heavy atom. The summed E-state index contributed by atoms with van der Waals surface area (Å²) in [5.74, 6) is 0.522. The number of rotatable bonds is 6. The Morgan fingerprint density at radius 3 is 2.50 bits per heavy atom. The maximum absolute atomic E-state index is 13.4. The van der Waals surface area contributed by atoms with Crippen molar-refractivity contribution >= 4 is 56.1 Å². The Bertz CT molecular complexity index is 1370. The van der Waals surface area contributed by atoms with E-state index in [0.29, 0.717) is 15.6 Å². The zero-order valence-electron chi connectivity index (χ0n) is 17.9. The second-order valence-electron chi connectivity index (χ2n) is 7.37. The molecule has 5 rings (SSSR count). The van der Waals surface area contributed by atoms with Gasteiger partial charge in [-0.15, -0.1) is 0 Å². The number of carbonyl (C=O) groups excluding carboxylic acids is 1. The Hall–Kier alpha value is -3.89. The first kappa shape index (κ1) is 21.9. The highest BCUT2D eigenvalue weighted by molar-refractivity contribution is 8.04. The van der Waals surface area contributed by atoms with Crippen molar-refractivity contribution in [1.29, 1.82) is 0 Å². The van der Waals surface area contributed by atoms with E-state index in [2.05, 4.69) is 10.4 Å². The van der Waals surface area contributed by atoms with Crippen molar-refractivity contribution in [3.63, 3.8) is 0 Å². The van der Waals surface area contributed by atoms with Crippen LogP contribution in [-0.4, -0.2) is 27.9 Å². The van der Waals surface area contributed by atoms with Gasteiger partial charge < -0.3 is 4.74 Å². The van der Waals surface area contributed by atoms with E-state index in [-0.39, 0.29) is 17.0 Å². The Kier molecular flexibility index (Phi) is 5.91. The molecule has 0 spiro atoms. The summed E-state index contributed by atoms with van der Waals surface area (Å²) < 4.78 is 6.29. The lowest BCUT2D eigenvalue weighted by atomic mass is 10.2. The monoisotopic (exact) mass is 490 g/mol. The normalized spacial score (nSPS) is 16.9. The fourth-order valence-corrected chi connectivity index (χ4v) is 5.56. The number of nitro benzene ring substituents is 1. The number of nitro groups is 1. The first-order chi connectivity index (χ1) is 16.5. The van der Waals surface area contributed by atoms with E-state index in [4.69, 9.17) is 4.74 Å². The molecule has 2 heterocycles. The van der Waals surface area contributed by atoms with Gasteiger partial charge in [0, 0.05) is 12.1 Å². The first-order valence-electron chi connectivity index (χ1n) is 10.2.